The molecule has 6 nitrogen and oxygen atoms in total. The minimum absolute atomic E-state index is 0.306. The summed E-state index contributed by atoms with van der Waals surface area (Å²) >= 11 is 1.48. The van der Waals surface area contributed by atoms with Gasteiger partial charge in [0.15, 0.2) is 16.6 Å². The molecule has 0 aliphatic heterocycles. The lowest BCUT2D eigenvalue weighted by atomic mass is 10.1. The van der Waals surface area contributed by atoms with Crippen LogP contribution < -0.4 is 14.4 Å². The first-order valence-corrected chi connectivity index (χ1v) is 10.8. The molecular formula is C24H24FN3O3S. The minimum Gasteiger partial charge on any atom is -0.493 e. The Bertz CT molecular complexity index is 1150. The van der Waals surface area contributed by atoms with Gasteiger partial charge in [0.05, 0.1) is 18.4 Å². The lowest BCUT2D eigenvalue weighted by molar-refractivity contribution is -0.0979. The molecule has 0 aliphatic rings. The Morgan fingerprint density at radius 2 is 1.88 bits per heavy atom. The van der Waals surface area contributed by atoms with E-state index in [0.717, 1.165) is 21.0 Å². The summed E-state index contributed by atoms with van der Waals surface area (Å²) in [6.07, 6.45) is 3.58. The van der Waals surface area contributed by atoms with Gasteiger partial charge in [0, 0.05) is 25.5 Å². The van der Waals surface area contributed by atoms with Crippen molar-refractivity contribution in [2.24, 2.45) is 0 Å². The first kappa shape index (κ1) is 23.1. The third-order valence-electron chi connectivity index (χ3n) is 4.63. The molecule has 0 aliphatic carbocycles. The van der Waals surface area contributed by atoms with Crippen molar-refractivity contribution in [2.75, 3.05) is 18.6 Å². The number of carbonyl (C=O) groups is 1. The van der Waals surface area contributed by atoms with Gasteiger partial charge in [-0.15, -0.1) is 0 Å². The fourth-order valence-electron chi connectivity index (χ4n) is 3.25. The number of aromatic nitrogens is 2. The molecule has 0 N–H and O–H groups in total. The number of halogens is 1. The van der Waals surface area contributed by atoms with E-state index in [9.17, 15) is 4.39 Å². The molecule has 0 fully saturated rings. The first-order valence-electron chi connectivity index (χ1n) is 9.95. The molecular weight excluding hydrogens is 429 g/mol. The van der Waals surface area contributed by atoms with Crippen molar-refractivity contribution < 1.29 is 18.7 Å². The number of anilines is 1. The van der Waals surface area contributed by atoms with Crippen LogP contribution in [0.5, 0.6) is 11.5 Å². The highest BCUT2D eigenvalue weighted by molar-refractivity contribution is 7.22. The molecule has 0 unspecified atom stereocenters. The van der Waals surface area contributed by atoms with Crippen molar-refractivity contribution in [1.29, 1.82) is 0 Å². The minimum atomic E-state index is -0.306. The van der Waals surface area contributed by atoms with Gasteiger partial charge in [0.1, 0.15) is 18.1 Å². The zero-order chi connectivity index (χ0) is 22.9. The summed E-state index contributed by atoms with van der Waals surface area (Å²) in [4.78, 5) is 18.9. The van der Waals surface area contributed by atoms with Gasteiger partial charge in [-0.05, 0) is 48.4 Å². The second kappa shape index (κ2) is 11.2. The van der Waals surface area contributed by atoms with Gasteiger partial charge >= 0.3 is 0 Å². The van der Waals surface area contributed by atoms with E-state index in [1.165, 1.54) is 17.4 Å². The predicted octanol–water partition coefficient (Wildman–Crippen LogP) is 5.26. The number of nitrogens with zero attached hydrogens (tertiary/aromatic N) is 3. The second-order valence-corrected chi connectivity index (χ2v) is 7.73. The number of hydrogen-bond donors (Lipinski definition) is 0. The Kier molecular flexibility index (Phi) is 8.10. The van der Waals surface area contributed by atoms with Gasteiger partial charge in [0.2, 0.25) is 0 Å². The standard InChI is InChI=1S/C23H22FN3O2S.CH2O/c1-3-29-20-12-16(9-10-19(20)28-2)14-27(15-17-6-5-11-25-13-17)23-26-22-18(24)7-4-8-21(22)30-23;1-2/h4-13H,3,14-15H2,1-2H3;1H2. The molecule has 0 saturated heterocycles. The molecule has 32 heavy (non-hydrogen) atoms. The van der Waals surface area contributed by atoms with Crippen LogP contribution in [0.2, 0.25) is 0 Å². The highest BCUT2D eigenvalue weighted by atomic mass is 32.1. The molecule has 0 atom stereocenters. The molecule has 0 amide bonds. The summed E-state index contributed by atoms with van der Waals surface area (Å²) in [5, 5.41) is 0.757. The number of benzene rings is 2. The second-order valence-electron chi connectivity index (χ2n) is 6.72. The van der Waals surface area contributed by atoms with Crippen molar-refractivity contribution in [1.82, 2.24) is 9.97 Å². The fourth-order valence-corrected chi connectivity index (χ4v) is 4.23. The normalized spacial score (nSPS) is 10.3. The molecule has 2 aromatic heterocycles. The molecule has 0 bridgehead atoms. The monoisotopic (exact) mass is 453 g/mol. The number of ether oxygens (including phenoxy) is 2. The highest BCUT2D eigenvalue weighted by Gasteiger charge is 2.17. The molecule has 2 aromatic carbocycles. The Hall–Kier alpha value is -3.52. The van der Waals surface area contributed by atoms with E-state index in [1.807, 2.05) is 56.3 Å². The summed E-state index contributed by atoms with van der Waals surface area (Å²) in [7, 11) is 1.63. The zero-order valence-corrected chi connectivity index (χ0v) is 18.8. The topological polar surface area (TPSA) is 64.5 Å². The summed E-state index contributed by atoms with van der Waals surface area (Å²) < 4.78 is 26.2. The van der Waals surface area contributed by atoms with E-state index in [4.69, 9.17) is 14.3 Å². The predicted molar refractivity (Wildman–Crippen MR) is 125 cm³/mol. The number of thiazole rings is 1. The van der Waals surface area contributed by atoms with E-state index >= 15 is 0 Å². The Balaban J connectivity index is 0.00000141. The van der Waals surface area contributed by atoms with Gasteiger partial charge in [-0.2, -0.15) is 0 Å². The van der Waals surface area contributed by atoms with Crippen LogP contribution in [0.1, 0.15) is 18.1 Å². The van der Waals surface area contributed by atoms with Gasteiger partial charge < -0.3 is 19.2 Å². The summed E-state index contributed by atoms with van der Waals surface area (Å²) in [6.45, 7) is 5.68. The maximum Gasteiger partial charge on any atom is 0.187 e. The van der Waals surface area contributed by atoms with Crippen LogP contribution in [0.25, 0.3) is 10.2 Å². The van der Waals surface area contributed by atoms with Gasteiger partial charge in [-0.3, -0.25) is 4.98 Å². The summed E-state index contributed by atoms with van der Waals surface area (Å²) in [6, 6.07) is 14.9. The summed E-state index contributed by atoms with van der Waals surface area (Å²) in [5.41, 5.74) is 2.50. The quantitative estimate of drug-likeness (QED) is 0.363. The molecule has 4 rings (SSSR count). The van der Waals surface area contributed by atoms with Crippen molar-refractivity contribution in [3.05, 3.63) is 77.9 Å². The van der Waals surface area contributed by atoms with Gasteiger partial charge in [-0.1, -0.05) is 29.5 Å². The largest absolute Gasteiger partial charge is 0.493 e. The van der Waals surface area contributed by atoms with Crippen molar-refractivity contribution in [2.45, 2.75) is 20.0 Å². The van der Waals surface area contributed by atoms with Gasteiger partial charge in [-0.25, -0.2) is 9.37 Å². The number of hydrogen-bond acceptors (Lipinski definition) is 7. The number of para-hydroxylation sites is 1. The van der Waals surface area contributed by atoms with E-state index in [0.29, 0.717) is 36.7 Å². The van der Waals surface area contributed by atoms with Crippen LogP contribution in [0.15, 0.2) is 60.9 Å². The Labute approximate surface area is 190 Å². The highest BCUT2D eigenvalue weighted by Crippen LogP contribution is 2.33. The number of rotatable bonds is 8. The molecule has 0 spiro atoms. The first-order chi connectivity index (χ1) is 15.7. The number of fused-ring (bicyclic) bond motifs is 1. The number of methoxy groups -OCH3 is 1. The fraction of sp³-hybridized carbons (Fsp3) is 0.208. The van der Waals surface area contributed by atoms with Crippen LogP contribution in [0, 0.1) is 5.82 Å². The van der Waals surface area contributed by atoms with Crippen molar-refractivity contribution in [3.8, 4) is 11.5 Å². The lowest BCUT2D eigenvalue weighted by Gasteiger charge is -2.22. The molecule has 0 radical (unpaired) electrons. The van der Waals surface area contributed by atoms with Crippen LogP contribution >= 0.6 is 11.3 Å². The van der Waals surface area contributed by atoms with Crippen LogP contribution in [0.4, 0.5) is 9.52 Å². The third-order valence-corrected chi connectivity index (χ3v) is 5.71. The molecule has 2 heterocycles. The molecule has 8 heteroatoms. The van der Waals surface area contributed by atoms with E-state index in [2.05, 4.69) is 14.9 Å². The Morgan fingerprint density at radius 1 is 1.06 bits per heavy atom. The van der Waals surface area contributed by atoms with Crippen molar-refractivity contribution in [3.63, 3.8) is 0 Å². The van der Waals surface area contributed by atoms with Crippen LogP contribution in [-0.2, 0) is 17.9 Å². The average molecular weight is 454 g/mol. The smallest absolute Gasteiger partial charge is 0.187 e. The Morgan fingerprint density at radius 3 is 2.56 bits per heavy atom. The maximum absolute atomic E-state index is 14.2. The van der Waals surface area contributed by atoms with Crippen molar-refractivity contribution >= 4 is 33.5 Å². The maximum atomic E-state index is 14.2. The molecule has 166 valence electrons. The SMILES string of the molecule is C=O.CCOc1cc(CN(Cc2cccnc2)c2nc3c(F)cccc3s2)ccc1OC. The third kappa shape index (κ3) is 5.39. The summed E-state index contributed by atoms with van der Waals surface area (Å²) in [5.74, 6) is 1.09. The zero-order valence-electron chi connectivity index (χ0n) is 18.0. The lowest BCUT2D eigenvalue weighted by Crippen LogP contribution is -2.22. The number of pyridine rings is 1. The van der Waals surface area contributed by atoms with Gasteiger partial charge in [0.25, 0.3) is 0 Å². The molecule has 4 aromatic rings. The average Bonchev–Trinajstić information content (AvgIpc) is 3.27. The van der Waals surface area contributed by atoms with Crippen LogP contribution in [-0.4, -0.2) is 30.5 Å². The van der Waals surface area contributed by atoms with Crippen LogP contribution in [0.3, 0.4) is 0 Å². The van der Waals surface area contributed by atoms with E-state index < -0.39 is 0 Å². The number of carbonyl (C=O) groups excluding carboxylic acids is 1. The van der Waals surface area contributed by atoms with E-state index in [-0.39, 0.29) is 5.82 Å². The molecule has 0 saturated carbocycles. The van der Waals surface area contributed by atoms with E-state index in [1.54, 1.807) is 19.4 Å².